The summed E-state index contributed by atoms with van der Waals surface area (Å²) in [7, 11) is 0. The van der Waals surface area contributed by atoms with Crippen molar-refractivity contribution in [2.45, 2.75) is 18.9 Å². The number of nitrogens with one attached hydrogen (secondary N) is 1. The van der Waals surface area contributed by atoms with Crippen molar-refractivity contribution in [3.8, 4) is 0 Å². The van der Waals surface area contributed by atoms with Crippen LogP contribution < -0.4 is 11.3 Å². The number of hydrogen-bond donors (Lipinski definition) is 2. The summed E-state index contributed by atoms with van der Waals surface area (Å²) >= 11 is 0. The third-order valence-electron chi connectivity index (χ3n) is 3.15. The number of rotatable bonds is 5. The van der Waals surface area contributed by atoms with Gasteiger partial charge in [0, 0.05) is 17.7 Å². The van der Waals surface area contributed by atoms with Gasteiger partial charge in [-0.15, -0.1) is 0 Å². The molecule has 0 aliphatic heterocycles. The Morgan fingerprint density at radius 2 is 1.48 bits per heavy atom. The van der Waals surface area contributed by atoms with E-state index in [-0.39, 0.29) is 18.4 Å². The van der Waals surface area contributed by atoms with Crippen LogP contribution in [-0.2, 0) is 12.8 Å². The monoisotopic (exact) mass is 298 g/mol. The molecule has 2 rings (SSSR count). The summed E-state index contributed by atoms with van der Waals surface area (Å²) in [6.45, 7) is 0. The predicted octanol–water partition coefficient (Wildman–Crippen LogP) is 2.86. The topological polar surface area (TPSA) is 38.0 Å². The summed E-state index contributed by atoms with van der Waals surface area (Å²) in [5.41, 5.74) is 2.65. The first-order valence-corrected chi connectivity index (χ1v) is 6.33. The van der Waals surface area contributed by atoms with E-state index in [1.165, 1.54) is 6.07 Å². The summed E-state index contributed by atoms with van der Waals surface area (Å²) in [6.07, 6.45) is 0.103. The van der Waals surface area contributed by atoms with Gasteiger partial charge < -0.3 is 0 Å². The smallest absolute Gasteiger partial charge is 0.129 e. The van der Waals surface area contributed by atoms with Gasteiger partial charge in [0.2, 0.25) is 0 Å². The first-order valence-electron chi connectivity index (χ1n) is 6.33. The number of nitrogens with two attached hydrogens (primary N) is 1. The van der Waals surface area contributed by atoms with E-state index in [1.807, 2.05) is 0 Å². The van der Waals surface area contributed by atoms with Gasteiger partial charge in [0.15, 0.2) is 0 Å². The maximum atomic E-state index is 13.6. The lowest BCUT2D eigenvalue weighted by atomic mass is 9.98. The largest absolute Gasteiger partial charge is 0.271 e. The van der Waals surface area contributed by atoms with Crippen LogP contribution in [0.3, 0.4) is 0 Å². The van der Waals surface area contributed by atoms with Gasteiger partial charge >= 0.3 is 0 Å². The van der Waals surface area contributed by atoms with E-state index in [1.54, 1.807) is 0 Å². The van der Waals surface area contributed by atoms with Crippen molar-refractivity contribution in [2.24, 2.45) is 5.84 Å². The molecule has 0 spiro atoms. The van der Waals surface area contributed by atoms with Crippen LogP contribution in [0, 0.1) is 23.3 Å². The van der Waals surface area contributed by atoms with Gasteiger partial charge in [-0.3, -0.25) is 11.3 Å². The quantitative estimate of drug-likeness (QED) is 0.506. The SMILES string of the molecule is NNC(Cc1cc(F)cc(F)c1)Cc1c(F)cccc1F. The summed E-state index contributed by atoms with van der Waals surface area (Å²) in [5.74, 6) is 2.58. The van der Waals surface area contributed by atoms with Crippen molar-refractivity contribution in [3.63, 3.8) is 0 Å². The minimum Gasteiger partial charge on any atom is -0.271 e. The van der Waals surface area contributed by atoms with Gasteiger partial charge in [-0.05, 0) is 42.7 Å². The maximum Gasteiger partial charge on any atom is 0.129 e. The fourth-order valence-corrected chi connectivity index (χ4v) is 2.18. The first kappa shape index (κ1) is 15.5. The molecule has 1 atom stereocenters. The van der Waals surface area contributed by atoms with Gasteiger partial charge in [0.1, 0.15) is 23.3 Å². The van der Waals surface area contributed by atoms with Gasteiger partial charge in [-0.25, -0.2) is 17.6 Å². The van der Waals surface area contributed by atoms with Gasteiger partial charge in [0.05, 0.1) is 0 Å². The molecule has 0 aromatic heterocycles. The molecule has 0 aliphatic carbocycles. The Hall–Kier alpha value is -1.92. The highest BCUT2D eigenvalue weighted by Gasteiger charge is 2.16. The number of benzene rings is 2. The van der Waals surface area contributed by atoms with Crippen LogP contribution in [0.4, 0.5) is 17.6 Å². The molecule has 2 aromatic carbocycles. The molecule has 0 amide bonds. The second-order valence-corrected chi connectivity index (χ2v) is 4.75. The van der Waals surface area contributed by atoms with E-state index >= 15 is 0 Å². The summed E-state index contributed by atoms with van der Waals surface area (Å²) in [6, 6.07) is 6.07. The normalized spacial score (nSPS) is 12.4. The van der Waals surface area contributed by atoms with Crippen molar-refractivity contribution >= 4 is 0 Å². The van der Waals surface area contributed by atoms with E-state index in [2.05, 4.69) is 5.43 Å². The van der Waals surface area contributed by atoms with Crippen LogP contribution in [0.15, 0.2) is 36.4 Å². The fraction of sp³-hybridized carbons (Fsp3) is 0.200. The minimum absolute atomic E-state index is 0.0346. The molecular weight excluding hydrogens is 284 g/mol. The van der Waals surface area contributed by atoms with Crippen LogP contribution in [0.1, 0.15) is 11.1 Å². The third kappa shape index (κ3) is 4.03. The van der Waals surface area contributed by atoms with Crippen molar-refractivity contribution < 1.29 is 17.6 Å². The second kappa shape index (κ2) is 6.69. The number of hydrogen-bond acceptors (Lipinski definition) is 2. The van der Waals surface area contributed by atoms with Crippen LogP contribution >= 0.6 is 0 Å². The zero-order chi connectivity index (χ0) is 15.4. The average Bonchev–Trinajstić information content (AvgIpc) is 2.40. The van der Waals surface area contributed by atoms with Crippen LogP contribution in [0.25, 0.3) is 0 Å². The summed E-state index contributed by atoms with van der Waals surface area (Å²) in [5, 5.41) is 0. The molecule has 0 heterocycles. The Labute approximate surface area is 119 Å². The highest BCUT2D eigenvalue weighted by Crippen LogP contribution is 2.17. The zero-order valence-corrected chi connectivity index (χ0v) is 11.0. The molecule has 0 aliphatic rings. The Kier molecular flexibility index (Phi) is 4.93. The second-order valence-electron chi connectivity index (χ2n) is 4.75. The molecule has 2 nitrogen and oxygen atoms in total. The standard InChI is InChI=1S/C15H14F4N2/c16-10-4-9(5-11(17)7-10)6-12(21-20)8-13-14(18)2-1-3-15(13)19/h1-5,7,12,21H,6,8,20H2. The fourth-order valence-electron chi connectivity index (χ4n) is 2.18. The Morgan fingerprint density at radius 1 is 0.905 bits per heavy atom. The zero-order valence-electron chi connectivity index (χ0n) is 11.0. The molecular formula is C15H14F4N2. The van der Waals surface area contributed by atoms with Crippen LogP contribution in [-0.4, -0.2) is 6.04 Å². The van der Waals surface area contributed by atoms with E-state index in [9.17, 15) is 17.6 Å². The third-order valence-corrected chi connectivity index (χ3v) is 3.15. The molecule has 6 heteroatoms. The number of hydrazine groups is 1. The van der Waals surface area contributed by atoms with E-state index in [0.29, 0.717) is 5.56 Å². The van der Waals surface area contributed by atoms with E-state index in [0.717, 1.165) is 30.3 Å². The molecule has 3 N–H and O–H groups in total. The maximum absolute atomic E-state index is 13.6. The molecule has 0 fully saturated rings. The molecule has 21 heavy (non-hydrogen) atoms. The van der Waals surface area contributed by atoms with Crippen LogP contribution in [0.5, 0.6) is 0 Å². The molecule has 0 bridgehead atoms. The van der Waals surface area contributed by atoms with E-state index < -0.39 is 29.3 Å². The Morgan fingerprint density at radius 3 is 2.00 bits per heavy atom. The lowest BCUT2D eigenvalue weighted by Crippen LogP contribution is -2.39. The average molecular weight is 298 g/mol. The Bertz CT molecular complexity index is 591. The summed E-state index contributed by atoms with van der Waals surface area (Å²) in [4.78, 5) is 0. The molecule has 0 saturated heterocycles. The summed E-state index contributed by atoms with van der Waals surface area (Å²) < 4.78 is 53.4. The van der Waals surface area contributed by atoms with Crippen molar-refractivity contribution in [1.82, 2.24) is 5.43 Å². The van der Waals surface area contributed by atoms with Gasteiger partial charge in [-0.1, -0.05) is 6.07 Å². The van der Waals surface area contributed by atoms with Crippen molar-refractivity contribution in [1.29, 1.82) is 0 Å². The highest BCUT2D eigenvalue weighted by molar-refractivity contribution is 5.23. The first-order chi connectivity index (χ1) is 9.99. The lowest BCUT2D eigenvalue weighted by Gasteiger charge is -2.17. The van der Waals surface area contributed by atoms with E-state index in [4.69, 9.17) is 5.84 Å². The lowest BCUT2D eigenvalue weighted by molar-refractivity contribution is 0.482. The van der Waals surface area contributed by atoms with Crippen molar-refractivity contribution in [2.75, 3.05) is 0 Å². The number of halogens is 4. The van der Waals surface area contributed by atoms with Gasteiger partial charge in [-0.2, -0.15) is 0 Å². The van der Waals surface area contributed by atoms with Crippen LogP contribution in [0.2, 0.25) is 0 Å². The molecule has 0 saturated carbocycles. The van der Waals surface area contributed by atoms with Gasteiger partial charge in [0.25, 0.3) is 0 Å². The highest BCUT2D eigenvalue weighted by atomic mass is 19.1. The molecule has 112 valence electrons. The predicted molar refractivity (Wildman–Crippen MR) is 71.2 cm³/mol. The molecule has 0 radical (unpaired) electrons. The molecule has 1 unspecified atom stereocenters. The molecule has 2 aromatic rings. The Balaban J connectivity index is 2.17. The van der Waals surface area contributed by atoms with Crippen molar-refractivity contribution in [3.05, 3.63) is 70.8 Å². The minimum atomic E-state index is -0.710.